The van der Waals surface area contributed by atoms with Gasteiger partial charge >= 0.3 is 0 Å². The first kappa shape index (κ1) is 22.4. The smallest absolute Gasteiger partial charge is 0.262 e. The van der Waals surface area contributed by atoms with Crippen LogP contribution in [0.25, 0.3) is 32.7 Å². The second kappa shape index (κ2) is 6.97. The summed E-state index contributed by atoms with van der Waals surface area (Å²) in [5, 5.41) is 25.6. The van der Waals surface area contributed by atoms with Crippen molar-refractivity contribution in [3.8, 4) is 22.6 Å². The van der Waals surface area contributed by atoms with E-state index in [-0.39, 0.29) is 22.3 Å². The first-order valence-corrected chi connectivity index (χ1v) is 12.0. The molecule has 2 N–H and O–H groups in total. The van der Waals surface area contributed by atoms with Crippen LogP contribution < -0.4 is 0 Å². The molecule has 0 aliphatic carbocycles. The van der Waals surface area contributed by atoms with Crippen LogP contribution in [0.15, 0.2) is 66.7 Å². The number of phenols is 2. The van der Waals surface area contributed by atoms with Crippen LogP contribution in [0.2, 0.25) is 0 Å². The first-order chi connectivity index (χ1) is 16.5. The van der Waals surface area contributed by atoms with Gasteiger partial charge in [0, 0.05) is 27.5 Å². The predicted octanol–water partition coefficient (Wildman–Crippen LogP) is 7.03. The summed E-state index contributed by atoms with van der Waals surface area (Å²) in [6.07, 6.45) is 0. The monoisotopic (exact) mass is 470 g/mol. The van der Waals surface area contributed by atoms with Crippen LogP contribution in [0.5, 0.6) is 11.5 Å². The van der Waals surface area contributed by atoms with Crippen LogP contribution in [-0.2, 0) is 20.3 Å². The van der Waals surface area contributed by atoms with Crippen molar-refractivity contribution in [1.82, 2.24) is 0 Å². The lowest BCUT2D eigenvalue weighted by Gasteiger charge is -2.61. The van der Waals surface area contributed by atoms with Gasteiger partial charge in [0.25, 0.3) is 5.79 Å². The SMILES string of the molecule is CC(C)(C)C12OOC1(c1cccc3c(-c4c(O)ccc5ccccc45)c(O)ccc13)OCC2(C)C. The standard InChI is InChI=1S/C30H30O5/c1-27(2,3)30-28(4,5)17-33-29(30,34-35-30)22-12-8-11-21-20(22)14-16-24(32)26(21)25-19-10-7-6-9-18(19)13-15-23(25)31/h6-16,31-32H,17H2,1-5H3. The summed E-state index contributed by atoms with van der Waals surface area (Å²) in [5.41, 5.74) is 0.708. The summed E-state index contributed by atoms with van der Waals surface area (Å²) in [6, 6.07) is 20.9. The van der Waals surface area contributed by atoms with Crippen LogP contribution in [0.3, 0.4) is 0 Å². The van der Waals surface area contributed by atoms with Gasteiger partial charge in [-0.1, -0.05) is 89.2 Å². The molecule has 0 saturated carbocycles. The highest BCUT2D eigenvalue weighted by molar-refractivity contribution is 6.10. The Morgan fingerprint density at radius 2 is 1.37 bits per heavy atom. The van der Waals surface area contributed by atoms with E-state index in [4.69, 9.17) is 14.5 Å². The molecule has 4 aromatic rings. The summed E-state index contributed by atoms with van der Waals surface area (Å²) in [4.78, 5) is 12.0. The Morgan fingerprint density at radius 3 is 2.06 bits per heavy atom. The largest absolute Gasteiger partial charge is 0.507 e. The van der Waals surface area contributed by atoms with Crippen molar-refractivity contribution in [3.05, 3.63) is 72.3 Å². The maximum absolute atomic E-state index is 11.1. The lowest BCUT2D eigenvalue weighted by atomic mass is 9.57. The quantitative estimate of drug-likeness (QED) is 0.308. The Labute approximate surface area is 204 Å². The molecule has 35 heavy (non-hydrogen) atoms. The van der Waals surface area contributed by atoms with Crippen LogP contribution >= 0.6 is 0 Å². The van der Waals surface area contributed by atoms with E-state index in [1.165, 1.54) is 0 Å². The second-order valence-corrected chi connectivity index (χ2v) is 11.4. The van der Waals surface area contributed by atoms with Gasteiger partial charge in [0.15, 0.2) is 5.60 Å². The zero-order valence-electron chi connectivity index (χ0n) is 20.7. The molecule has 180 valence electrons. The van der Waals surface area contributed by atoms with Gasteiger partial charge < -0.3 is 14.9 Å². The summed E-state index contributed by atoms with van der Waals surface area (Å²) >= 11 is 0. The maximum Gasteiger partial charge on any atom is 0.262 e. The Balaban J connectivity index is 1.67. The highest BCUT2D eigenvalue weighted by atomic mass is 17.3. The molecule has 2 unspecified atom stereocenters. The van der Waals surface area contributed by atoms with Crippen molar-refractivity contribution >= 4 is 21.5 Å². The fourth-order valence-electron chi connectivity index (χ4n) is 6.63. The second-order valence-electron chi connectivity index (χ2n) is 11.4. The number of benzene rings is 4. The Kier molecular flexibility index (Phi) is 4.45. The number of hydrogen-bond acceptors (Lipinski definition) is 5. The van der Waals surface area contributed by atoms with E-state index in [0.29, 0.717) is 17.7 Å². The van der Waals surface area contributed by atoms with Crippen molar-refractivity contribution in [3.63, 3.8) is 0 Å². The molecule has 2 heterocycles. The van der Waals surface area contributed by atoms with E-state index in [1.54, 1.807) is 12.1 Å². The van der Waals surface area contributed by atoms with E-state index in [2.05, 4.69) is 34.6 Å². The molecule has 4 aromatic carbocycles. The van der Waals surface area contributed by atoms with Crippen molar-refractivity contribution < 1.29 is 24.7 Å². The van der Waals surface area contributed by atoms with E-state index in [0.717, 1.165) is 27.1 Å². The van der Waals surface area contributed by atoms with E-state index in [1.807, 2.05) is 54.6 Å². The Hall–Kier alpha value is -3.12. The number of ether oxygens (including phenoxy) is 1. The van der Waals surface area contributed by atoms with Gasteiger partial charge in [0.1, 0.15) is 11.5 Å². The molecule has 2 aliphatic heterocycles. The van der Waals surface area contributed by atoms with Crippen LogP contribution in [0.1, 0.15) is 40.2 Å². The maximum atomic E-state index is 11.1. The van der Waals surface area contributed by atoms with Gasteiger partial charge in [0.05, 0.1) is 6.61 Å². The zero-order valence-corrected chi connectivity index (χ0v) is 20.7. The lowest BCUT2D eigenvalue weighted by Crippen LogP contribution is -2.73. The van der Waals surface area contributed by atoms with E-state index >= 15 is 0 Å². The highest BCUT2D eigenvalue weighted by Gasteiger charge is 2.81. The van der Waals surface area contributed by atoms with Crippen LogP contribution in [0.4, 0.5) is 0 Å². The topological polar surface area (TPSA) is 68.2 Å². The molecule has 2 fully saturated rings. The van der Waals surface area contributed by atoms with E-state index in [9.17, 15) is 10.2 Å². The average molecular weight is 471 g/mol. The van der Waals surface area contributed by atoms with Crippen LogP contribution in [-0.4, -0.2) is 22.4 Å². The minimum absolute atomic E-state index is 0.0966. The normalized spacial score (nSPS) is 25.5. The summed E-state index contributed by atoms with van der Waals surface area (Å²) in [7, 11) is 0. The van der Waals surface area contributed by atoms with Crippen molar-refractivity contribution in [2.45, 2.75) is 46.0 Å². The molecule has 0 radical (unpaired) electrons. The number of phenolic OH excluding ortho intramolecular Hbond substituents is 2. The fourth-order valence-corrected chi connectivity index (χ4v) is 6.63. The molecule has 0 amide bonds. The number of aromatic hydroxyl groups is 2. The predicted molar refractivity (Wildman–Crippen MR) is 136 cm³/mol. The average Bonchev–Trinajstić information content (AvgIpc) is 2.95. The van der Waals surface area contributed by atoms with Crippen molar-refractivity contribution in [1.29, 1.82) is 0 Å². The van der Waals surface area contributed by atoms with Gasteiger partial charge in [-0.25, -0.2) is 4.89 Å². The van der Waals surface area contributed by atoms with Gasteiger partial charge in [-0.15, -0.1) is 0 Å². The van der Waals surface area contributed by atoms with Gasteiger partial charge in [-0.3, -0.25) is 0 Å². The lowest BCUT2D eigenvalue weighted by molar-refractivity contribution is -0.626. The molecule has 6 rings (SSSR count). The summed E-state index contributed by atoms with van der Waals surface area (Å²) in [6.45, 7) is 11.2. The van der Waals surface area contributed by atoms with Gasteiger partial charge in [-0.2, -0.15) is 4.89 Å². The van der Waals surface area contributed by atoms with Crippen molar-refractivity contribution in [2.24, 2.45) is 10.8 Å². The molecule has 0 spiro atoms. The third-order valence-corrected chi connectivity index (χ3v) is 7.94. The van der Waals surface area contributed by atoms with Gasteiger partial charge in [0.2, 0.25) is 0 Å². The molecule has 0 aromatic heterocycles. The highest BCUT2D eigenvalue weighted by Crippen LogP contribution is 2.69. The minimum atomic E-state index is -1.09. The molecule has 2 saturated heterocycles. The third-order valence-electron chi connectivity index (χ3n) is 7.94. The minimum Gasteiger partial charge on any atom is -0.507 e. The van der Waals surface area contributed by atoms with Crippen LogP contribution in [0, 0.1) is 10.8 Å². The zero-order chi connectivity index (χ0) is 24.8. The van der Waals surface area contributed by atoms with Crippen molar-refractivity contribution in [2.75, 3.05) is 6.61 Å². The Morgan fingerprint density at radius 1 is 0.714 bits per heavy atom. The summed E-state index contributed by atoms with van der Waals surface area (Å²) < 4.78 is 6.49. The molecular weight excluding hydrogens is 440 g/mol. The number of rotatable bonds is 2. The fraction of sp³-hybridized carbons (Fsp3) is 0.333. The first-order valence-electron chi connectivity index (χ1n) is 12.0. The molecule has 5 nitrogen and oxygen atoms in total. The van der Waals surface area contributed by atoms with E-state index < -0.39 is 11.4 Å². The number of fused-ring (bicyclic) bond motifs is 3. The third kappa shape index (κ3) is 2.63. The molecular formula is C30H30O5. The molecule has 2 aliphatic rings. The number of hydrogen-bond donors (Lipinski definition) is 2. The molecule has 5 heteroatoms. The summed E-state index contributed by atoms with van der Waals surface area (Å²) in [5.74, 6) is -0.886. The molecule has 2 atom stereocenters. The van der Waals surface area contributed by atoms with Gasteiger partial charge in [-0.05, 0) is 33.7 Å². The Bertz CT molecular complexity index is 1500. The molecule has 0 bridgehead atoms.